The maximum atomic E-state index is 12.8. The van der Waals surface area contributed by atoms with E-state index in [2.05, 4.69) is 21.7 Å². The molecule has 118 valence electrons. The van der Waals surface area contributed by atoms with Crippen molar-refractivity contribution in [1.29, 1.82) is 0 Å². The zero-order chi connectivity index (χ0) is 16.2. The topological polar surface area (TPSA) is 55.1 Å². The minimum atomic E-state index is -0.137. The van der Waals surface area contributed by atoms with Crippen molar-refractivity contribution >= 4 is 39.9 Å². The third-order valence-corrected chi connectivity index (χ3v) is 5.14. The van der Waals surface area contributed by atoms with Gasteiger partial charge in [0, 0.05) is 5.69 Å². The number of thiophene rings is 1. The molecule has 23 heavy (non-hydrogen) atoms. The number of nitrogens with one attached hydrogen (secondary N) is 3. The molecule has 0 radical (unpaired) electrons. The summed E-state index contributed by atoms with van der Waals surface area (Å²) in [6.45, 7) is 1.94. The lowest BCUT2D eigenvalue weighted by Crippen LogP contribution is -2.79. The number of amides is 1. The van der Waals surface area contributed by atoms with Crippen LogP contribution in [0, 0.1) is 0 Å². The molecule has 4 nitrogen and oxygen atoms in total. The van der Waals surface area contributed by atoms with Gasteiger partial charge in [0.25, 0.3) is 5.91 Å². The molecule has 0 bridgehead atoms. The third-order valence-electron chi connectivity index (χ3n) is 3.58. The van der Waals surface area contributed by atoms with E-state index in [0.717, 1.165) is 21.4 Å². The van der Waals surface area contributed by atoms with E-state index in [1.54, 1.807) is 23.1 Å². The molecule has 2 aromatic rings. The van der Waals surface area contributed by atoms with Crippen LogP contribution >= 0.6 is 23.1 Å². The van der Waals surface area contributed by atoms with Crippen molar-refractivity contribution in [2.75, 3.05) is 11.6 Å². The van der Waals surface area contributed by atoms with Gasteiger partial charge in [-0.2, -0.15) is 0 Å². The van der Waals surface area contributed by atoms with Crippen molar-refractivity contribution in [2.45, 2.75) is 13.0 Å². The van der Waals surface area contributed by atoms with Gasteiger partial charge in [0.15, 0.2) is 6.04 Å². The summed E-state index contributed by atoms with van der Waals surface area (Å²) < 4.78 is 0. The largest absolute Gasteiger partial charge is 0.322 e. The Labute approximate surface area is 143 Å². The molecule has 0 aliphatic carbocycles. The van der Waals surface area contributed by atoms with Gasteiger partial charge in [-0.3, -0.25) is 9.79 Å². The molecular formula is C17H18N3OS2+. The van der Waals surface area contributed by atoms with Gasteiger partial charge in [0.1, 0.15) is 11.3 Å². The standard InChI is InChI=1S/C17H17N3OS2/c1-11-14(16(21)19-12-7-4-3-5-8-12)15(13-9-6-10-23-13)20-17(18-11)22-2/h3-10,15H,1-2H3,(H,18,20)(H,19,21)/p+1. The molecule has 3 rings (SSSR count). The lowest BCUT2D eigenvalue weighted by atomic mass is 10.0. The highest BCUT2D eigenvalue weighted by Crippen LogP contribution is 2.26. The molecule has 1 aromatic carbocycles. The Kier molecular flexibility index (Phi) is 4.83. The summed E-state index contributed by atoms with van der Waals surface area (Å²) >= 11 is 3.25. The Morgan fingerprint density at radius 2 is 2.04 bits per heavy atom. The normalized spacial score (nSPS) is 17.5. The highest BCUT2D eigenvalue weighted by atomic mass is 32.2. The highest BCUT2D eigenvalue weighted by molar-refractivity contribution is 8.12. The summed E-state index contributed by atoms with van der Waals surface area (Å²) in [6.07, 6.45) is 2.00. The number of hydrogen-bond acceptors (Lipinski definition) is 4. The van der Waals surface area contributed by atoms with E-state index >= 15 is 0 Å². The summed E-state index contributed by atoms with van der Waals surface area (Å²) in [6, 6.07) is 13.4. The molecule has 1 aliphatic rings. The second-order valence-corrected chi connectivity index (χ2v) is 6.91. The van der Waals surface area contributed by atoms with E-state index in [4.69, 9.17) is 0 Å². The van der Waals surface area contributed by atoms with E-state index in [1.807, 2.05) is 55.0 Å². The number of para-hydroxylation sites is 1. The molecule has 2 heterocycles. The number of carbonyl (C=O) groups is 1. The number of hydrogen-bond donors (Lipinski definition) is 3. The Morgan fingerprint density at radius 3 is 2.70 bits per heavy atom. The number of anilines is 1. The monoisotopic (exact) mass is 344 g/mol. The SMILES string of the molecule is CSC1=[NH+]C(c2cccs2)C(C(=O)Nc2ccccc2)=C(C)N1. The molecule has 1 aliphatic heterocycles. The van der Waals surface area contributed by atoms with E-state index in [1.165, 1.54) is 0 Å². The van der Waals surface area contributed by atoms with Crippen LogP contribution in [-0.4, -0.2) is 17.3 Å². The number of rotatable bonds is 3. The molecule has 1 unspecified atom stereocenters. The molecular weight excluding hydrogens is 326 g/mol. The van der Waals surface area contributed by atoms with Gasteiger partial charge in [0.05, 0.1) is 4.88 Å². The van der Waals surface area contributed by atoms with Crippen LogP contribution in [0.5, 0.6) is 0 Å². The van der Waals surface area contributed by atoms with Crippen LogP contribution < -0.4 is 15.6 Å². The van der Waals surface area contributed by atoms with Crippen LogP contribution in [-0.2, 0) is 4.79 Å². The number of thioether (sulfide) groups is 1. The third kappa shape index (κ3) is 3.48. The fourth-order valence-electron chi connectivity index (χ4n) is 2.49. The number of carbonyl (C=O) groups excluding carboxylic acids is 1. The van der Waals surface area contributed by atoms with Gasteiger partial charge in [0.2, 0.25) is 0 Å². The fraction of sp³-hybridized carbons (Fsp3) is 0.176. The first-order valence-electron chi connectivity index (χ1n) is 7.24. The summed E-state index contributed by atoms with van der Waals surface area (Å²) in [7, 11) is 0. The number of amidine groups is 1. The summed E-state index contributed by atoms with van der Waals surface area (Å²) in [5.41, 5.74) is 2.39. The second kappa shape index (κ2) is 7.02. The van der Waals surface area contributed by atoms with Gasteiger partial charge < -0.3 is 5.32 Å². The van der Waals surface area contributed by atoms with Crippen molar-refractivity contribution in [1.82, 2.24) is 5.32 Å². The lowest BCUT2D eigenvalue weighted by molar-refractivity contribution is -0.497. The molecule has 6 heteroatoms. The highest BCUT2D eigenvalue weighted by Gasteiger charge is 2.33. The van der Waals surface area contributed by atoms with Crippen molar-refractivity contribution in [3.05, 3.63) is 64.0 Å². The Morgan fingerprint density at radius 1 is 1.26 bits per heavy atom. The van der Waals surface area contributed by atoms with Crippen molar-refractivity contribution in [2.24, 2.45) is 0 Å². The van der Waals surface area contributed by atoms with Crippen LogP contribution in [0.15, 0.2) is 59.1 Å². The van der Waals surface area contributed by atoms with Crippen LogP contribution in [0.2, 0.25) is 0 Å². The summed E-state index contributed by atoms with van der Waals surface area (Å²) in [5.74, 6) is -0.0905. The zero-order valence-corrected chi connectivity index (χ0v) is 14.6. The lowest BCUT2D eigenvalue weighted by Gasteiger charge is -2.20. The molecule has 0 saturated carbocycles. The number of benzene rings is 1. The number of allylic oxidation sites excluding steroid dienone is 1. The molecule has 3 N–H and O–H groups in total. The van der Waals surface area contributed by atoms with E-state index in [-0.39, 0.29) is 11.9 Å². The van der Waals surface area contributed by atoms with Gasteiger partial charge in [-0.05, 0) is 48.5 Å². The van der Waals surface area contributed by atoms with Crippen LogP contribution in [0.3, 0.4) is 0 Å². The van der Waals surface area contributed by atoms with Crippen molar-refractivity contribution in [3.8, 4) is 0 Å². The molecule has 0 spiro atoms. The van der Waals surface area contributed by atoms with E-state index < -0.39 is 0 Å². The van der Waals surface area contributed by atoms with Gasteiger partial charge in [-0.1, -0.05) is 24.3 Å². The first-order chi connectivity index (χ1) is 11.2. The van der Waals surface area contributed by atoms with Gasteiger partial charge in [-0.25, -0.2) is 5.32 Å². The zero-order valence-electron chi connectivity index (χ0n) is 12.9. The Hall–Kier alpha value is -2.05. The van der Waals surface area contributed by atoms with Gasteiger partial charge in [-0.15, -0.1) is 11.3 Å². The van der Waals surface area contributed by atoms with Crippen LogP contribution in [0.25, 0.3) is 0 Å². The van der Waals surface area contributed by atoms with Crippen molar-refractivity contribution < 1.29 is 9.79 Å². The smallest absolute Gasteiger partial charge is 0.309 e. The summed E-state index contributed by atoms with van der Waals surface area (Å²) in [5, 5.41) is 9.23. The average molecular weight is 344 g/mol. The quantitative estimate of drug-likeness (QED) is 0.799. The predicted octanol–water partition coefficient (Wildman–Crippen LogP) is 2.10. The predicted molar refractivity (Wildman–Crippen MR) is 97.5 cm³/mol. The summed E-state index contributed by atoms with van der Waals surface area (Å²) in [4.78, 5) is 17.4. The molecule has 1 atom stereocenters. The van der Waals surface area contributed by atoms with Gasteiger partial charge >= 0.3 is 5.17 Å². The van der Waals surface area contributed by atoms with Crippen LogP contribution in [0.4, 0.5) is 5.69 Å². The Balaban J connectivity index is 1.93. The first kappa shape index (κ1) is 15.8. The Bertz CT molecular complexity index is 751. The molecule has 1 amide bonds. The maximum absolute atomic E-state index is 12.8. The van der Waals surface area contributed by atoms with Crippen LogP contribution in [0.1, 0.15) is 17.8 Å². The van der Waals surface area contributed by atoms with E-state index in [9.17, 15) is 4.79 Å². The second-order valence-electron chi connectivity index (χ2n) is 5.11. The van der Waals surface area contributed by atoms with Crippen molar-refractivity contribution in [3.63, 3.8) is 0 Å². The van der Waals surface area contributed by atoms with E-state index in [0.29, 0.717) is 5.57 Å². The fourth-order valence-corrected chi connectivity index (χ4v) is 3.77. The minimum absolute atomic E-state index is 0.0905. The average Bonchev–Trinajstić information content (AvgIpc) is 3.09. The molecule has 0 fully saturated rings. The minimum Gasteiger partial charge on any atom is -0.322 e. The molecule has 0 saturated heterocycles. The first-order valence-corrected chi connectivity index (χ1v) is 9.34. The molecule has 1 aromatic heterocycles. The maximum Gasteiger partial charge on any atom is 0.309 e.